The van der Waals surface area contributed by atoms with Crippen molar-refractivity contribution >= 4 is 24.3 Å². The van der Waals surface area contributed by atoms with Crippen molar-refractivity contribution in [1.82, 2.24) is 19.9 Å². The summed E-state index contributed by atoms with van der Waals surface area (Å²) in [7, 11) is 0. The molecule has 8 bridgehead atoms. The second-order valence-electron chi connectivity index (χ2n) is 6.05. The van der Waals surface area contributed by atoms with Crippen molar-refractivity contribution in [3.05, 3.63) is 92.7 Å². The number of rotatable bonds is 0. The Morgan fingerprint density at radius 2 is 0.640 bits per heavy atom. The molecule has 4 N–H and O–H groups in total. The normalized spacial score (nSPS) is 12.2. The molecule has 0 saturated carbocycles. The quantitative estimate of drug-likeness (QED) is 0.257. The van der Waals surface area contributed by atoms with E-state index >= 15 is 0 Å². The standard InChI is InChI=1S/C20H16N4.Gd/c1-2-14-10-16-5-6-18(23-16)12-20-8-7-19(24-20)11-17-4-3-15(22-17)9-13(1)21-14;/h1-12,21-24H;. The maximum Gasteiger partial charge on any atom is 0.0405 e. The number of nitrogens with one attached hydrogen (secondary N) is 4. The third-order valence-electron chi connectivity index (χ3n) is 4.17. The Morgan fingerprint density at radius 1 is 0.360 bits per heavy atom. The molecule has 5 heteroatoms. The van der Waals surface area contributed by atoms with Crippen LogP contribution in [-0.2, 0) is 0 Å². The van der Waals surface area contributed by atoms with Gasteiger partial charge < -0.3 is 19.9 Å². The van der Waals surface area contributed by atoms with Crippen LogP contribution < -0.4 is 21.4 Å². The number of fused-ring (bicyclic) bond motifs is 8. The van der Waals surface area contributed by atoms with Gasteiger partial charge >= 0.3 is 0 Å². The van der Waals surface area contributed by atoms with E-state index in [0.29, 0.717) is 0 Å². The number of aromatic amines is 4. The molecule has 0 unspecified atom stereocenters. The van der Waals surface area contributed by atoms with Crippen LogP contribution in [0.5, 0.6) is 0 Å². The van der Waals surface area contributed by atoms with E-state index in [9.17, 15) is 0 Å². The molecule has 0 atom stereocenters. The fourth-order valence-electron chi connectivity index (χ4n) is 3.06. The van der Waals surface area contributed by atoms with Gasteiger partial charge in [-0.05, 0) is 72.8 Å². The average molecular weight is 470 g/mol. The summed E-state index contributed by atoms with van der Waals surface area (Å²) in [6.45, 7) is 0. The second kappa shape index (κ2) is 6.67. The molecule has 0 saturated heterocycles. The Hall–Kier alpha value is -2.08. The summed E-state index contributed by atoms with van der Waals surface area (Å²) < 4.78 is 0. The second-order valence-corrected chi connectivity index (χ2v) is 6.05. The summed E-state index contributed by atoms with van der Waals surface area (Å²) in [5.41, 5.74) is 4.29. The van der Waals surface area contributed by atoms with Crippen LogP contribution in [0.4, 0.5) is 0 Å². The molecule has 5 heterocycles. The topological polar surface area (TPSA) is 63.2 Å². The van der Waals surface area contributed by atoms with Gasteiger partial charge in [-0.3, -0.25) is 0 Å². The maximum atomic E-state index is 3.42. The molecular formula is C20H16GdN4. The van der Waals surface area contributed by atoms with Crippen LogP contribution in [0.1, 0.15) is 22.8 Å². The van der Waals surface area contributed by atoms with Crippen molar-refractivity contribution < 1.29 is 39.9 Å². The number of hydrogen-bond acceptors (Lipinski definition) is 0. The molecule has 0 fully saturated rings. The van der Waals surface area contributed by atoms with E-state index in [1.54, 1.807) is 0 Å². The van der Waals surface area contributed by atoms with Crippen molar-refractivity contribution in [3.8, 4) is 0 Å². The predicted molar refractivity (Wildman–Crippen MR) is 95.9 cm³/mol. The van der Waals surface area contributed by atoms with Crippen molar-refractivity contribution in [3.63, 3.8) is 0 Å². The summed E-state index contributed by atoms with van der Waals surface area (Å²) >= 11 is 0. The van der Waals surface area contributed by atoms with Gasteiger partial charge in [0.2, 0.25) is 0 Å². The van der Waals surface area contributed by atoms with Crippen LogP contribution in [0.15, 0.2) is 48.5 Å². The molecule has 0 aromatic carbocycles. The predicted octanol–water partition coefficient (Wildman–Crippen LogP) is 0.628. The molecule has 4 aromatic rings. The average Bonchev–Trinajstić information content (AvgIpc) is 3.32. The van der Waals surface area contributed by atoms with E-state index in [-0.39, 0.29) is 39.9 Å². The smallest absolute Gasteiger partial charge is 0.0405 e. The molecule has 5 rings (SSSR count). The van der Waals surface area contributed by atoms with E-state index in [1.165, 1.54) is 0 Å². The minimum absolute atomic E-state index is 0. The molecule has 0 aliphatic carbocycles. The Kier molecular flexibility index (Phi) is 4.38. The zero-order valence-electron chi connectivity index (χ0n) is 13.3. The fourth-order valence-corrected chi connectivity index (χ4v) is 3.06. The van der Waals surface area contributed by atoms with Gasteiger partial charge in [0.15, 0.2) is 0 Å². The van der Waals surface area contributed by atoms with Crippen LogP contribution in [0.3, 0.4) is 0 Å². The molecule has 1 aliphatic rings. The molecule has 0 spiro atoms. The summed E-state index contributed by atoms with van der Waals surface area (Å²) in [5.74, 6) is 0. The summed E-state index contributed by atoms with van der Waals surface area (Å²) in [5, 5.41) is 4.29. The molecule has 124 valence electrons. The van der Waals surface area contributed by atoms with Gasteiger partial charge in [-0.25, -0.2) is 0 Å². The number of hydrogen-bond donors (Lipinski definition) is 4. The zero-order valence-corrected chi connectivity index (χ0v) is 15.6. The van der Waals surface area contributed by atoms with Gasteiger partial charge in [0, 0.05) is 84.1 Å². The molecule has 4 aromatic heterocycles. The third kappa shape index (κ3) is 3.49. The zero-order chi connectivity index (χ0) is 15.9. The number of H-pyrrole nitrogens is 4. The van der Waals surface area contributed by atoms with Crippen LogP contribution in [0, 0.1) is 39.9 Å². The van der Waals surface area contributed by atoms with Gasteiger partial charge in [0.05, 0.1) is 0 Å². The fraction of sp³-hybridized carbons (Fsp3) is 0. The van der Waals surface area contributed by atoms with Crippen LogP contribution in [0.2, 0.25) is 0 Å². The van der Waals surface area contributed by atoms with Gasteiger partial charge in [0.1, 0.15) is 0 Å². The molecular weight excluding hydrogens is 453 g/mol. The summed E-state index contributed by atoms with van der Waals surface area (Å²) in [6, 6.07) is 16.7. The molecule has 0 radical (unpaired) electrons. The first-order chi connectivity index (χ1) is 11.8. The van der Waals surface area contributed by atoms with E-state index < -0.39 is 0 Å². The van der Waals surface area contributed by atoms with Crippen LogP contribution in [0.25, 0.3) is 24.3 Å². The Morgan fingerprint density at radius 3 is 0.920 bits per heavy atom. The molecule has 0 amide bonds. The Balaban J connectivity index is 0.00000157. The van der Waals surface area contributed by atoms with Crippen LogP contribution >= 0.6 is 0 Å². The SMILES string of the molecule is C1=c2ccc([nH]2)=Cc2ccc([nH]2)C=c2ccc([nH]2)=Cc2ccc1[nH]2.[Gd]. The molecule has 1 aliphatic heterocycles. The van der Waals surface area contributed by atoms with Crippen LogP contribution in [-0.4, -0.2) is 19.9 Å². The van der Waals surface area contributed by atoms with Crippen molar-refractivity contribution in [2.45, 2.75) is 0 Å². The van der Waals surface area contributed by atoms with Gasteiger partial charge in [-0.2, -0.15) is 0 Å². The van der Waals surface area contributed by atoms with Gasteiger partial charge in [0.25, 0.3) is 0 Å². The Labute approximate surface area is 175 Å². The third-order valence-corrected chi connectivity index (χ3v) is 4.17. The van der Waals surface area contributed by atoms with Crippen molar-refractivity contribution in [2.24, 2.45) is 0 Å². The van der Waals surface area contributed by atoms with E-state index in [0.717, 1.165) is 44.2 Å². The first kappa shape index (κ1) is 16.4. The summed E-state index contributed by atoms with van der Waals surface area (Å²) in [4.78, 5) is 13.7. The van der Waals surface area contributed by atoms with E-state index in [1.807, 2.05) is 0 Å². The van der Waals surface area contributed by atoms with E-state index in [2.05, 4.69) is 92.8 Å². The Bertz CT molecular complexity index is 1070. The van der Waals surface area contributed by atoms with E-state index in [4.69, 9.17) is 0 Å². The van der Waals surface area contributed by atoms with Gasteiger partial charge in [-0.1, -0.05) is 0 Å². The first-order valence-electron chi connectivity index (χ1n) is 7.95. The number of aromatic nitrogens is 4. The van der Waals surface area contributed by atoms with Crippen molar-refractivity contribution in [2.75, 3.05) is 0 Å². The molecule has 25 heavy (non-hydrogen) atoms. The first-order valence-corrected chi connectivity index (χ1v) is 7.95. The van der Waals surface area contributed by atoms with Crippen molar-refractivity contribution in [1.29, 1.82) is 0 Å². The minimum atomic E-state index is 0. The minimum Gasteiger partial charge on any atom is -0.355 e. The van der Waals surface area contributed by atoms with Gasteiger partial charge in [-0.15, -0.1) is 0 Å². The molecule has 4 nitrogen and oxygen atoms in total. The summed E-state index contributed by atoms with van der Waals surface area (Å²) in [6.07, 6.45) is 8.42. The maximum absolute atomic E-state index is 3.42. The monoisotopic (exact) mass is 470 g/mol. The largest absolute Gasteiger partial charge is 0.355 e.